The van der Waals surface area contributed by atoms with E-state index in [9.17, 15) is 19.1 Å². The Morgan fingerprint density at radius 2 is 1.81 bits per heavy atom. The van der Waals surface area contributed by atoms with E-state index in [-0.39, 0.29) is 29.5 Å². The number of Topliss-reactive ketones (excluding diaryl/α,β-unsaturated/α-hetero) is 1. The van der Waals surface area contributed by atoms with Crippen LogP contribution in [0.1, 0.15) is 30.0 Å². The van der Waals surface area contributed by atoms with Crippen molar-refractivity contribution in [1.29, 1.82) is 0 Å². The number of ketones is 1. The Hall–Kier alpha value is -3.19. The van der Waals surface area contributed by atoms with Crippen LogP contribution in [0.4, 0.5) is 10.1 Å². The van der Waals surface area contributed by atoms with Crippen LogP contribution >= 0.6 is 0 Å². The van der Waals surface area contributed by atoms with Crippen LogP contribution < -0.4 is 4.90 Å². The quantitative estimate of drug-likeness (QED) is 0.452. The molecule has 0 saturated carbocycles. The van der Waals surface area contributed by atoms with Crippen LogP contribution in [-0.2, 0) is 14.3 Å². The number of benzene rings is 2. The molecule has 2 fully saturated rings. The number of hydrogen-bond donors (Lipinski definition) is 1. The highest BCUT2D eigenvalue weighted by molar-refractivity contribution is 6.46. The largest absolute Gasteiger partial charge is 0.507 e. The van der Waals surface area contributed by atoms with E-state index >= 15 is 0 Å². The summed E-state index contributed by atoms with van der Waals surface area (Å²) in [5, 5.41) is 11.0. The Bertz CT molecular complexity index is 1010. The van der Waals surface area contributed by atoms with E-state index in [4.69, 9.17) is 4.74 Å². The number of hydrogen-bond acceptors (Lipinski definition) is 5. The maximum absolute atomic E-state index is 13.4. The Labute approximate surface area is 180 Å². The molecule has 2 heterocycles. The molecule has 0 unspecified atom stereocenters. The van der Waals surface area contributed by atoms with E-state index < -0.39 is 23.5 Å². The average Bonchev–Trinajstić information content (AvgIpc) is 3.36. The van der Waals surface area contributed by atoms with E-state index in [0.29, 0.717) is 12.2 Å². The number of amides is 1. The third kappa shape index (κ3) is 4.05. The zero-order valence-corrected chi connectivity index (χ0v) is 17.5. The van der Waals surface area contributed by atoms with Crippen molar-refractivity contribution in [2.24, 2.45) is 0 Å². The summed E-state index contributed by atoms with van der Waals surface area (Å²) < 4.78 is 19.0. The highest BCUT2D eigenvalue weighted by atomic mass is 19.1. The molecular weight excluding hydrogens is 399 g/mol. The molecule has 0 radical (unpaired) electrons. The number of halogens is 1. The van der Waals surface area contributed by atoms with E-state index in [1.54, 1.807) is 0 Å². The van der Waals surface area contributed by atoms with Crippen LogP contribution in [0, 0.1) is 5.82 Å². The molecule has 1 amide bonds. The van der Waals surface area contributed by atoms with Gasteiger partial charge < -0.3 is 19.6 Å². The number of rotatable bonds is 5. The molecule has 2 saturated heterocycles. The molecule has 2 aromatic rings. The molecule has 0 spiro atoms. The number of carbonyl (C=O) groups excluding carboxylic acids is 2. The van der Waals surface area contributed by atoms with Crippen LogP contribution in [-0.4, -0.2) is 55.0 Å². The average molecular weight is 424 g/mol. The summed E-state index contributed by atoms with van der Waals surface area (Å²) in [4.78, 5) is 29.4. The molecule has 6 nitrogen and oxygen atoms in total. The summed E-state index contributed by atoms with van der Waals surface area (Å²) >= 11 is 0. The van der Waals surface area contributed by atoms with Crippen molar-refractivity contribution >= 4 is 23.1 Å². The lowest BCUT2D eigenvalue weighted by Crippen LogP contribution is -2.36. The minimum Gasteiger partial charge on any atom is -0.507 e. The van der Waals surface area contributed by atoms with Crippen LogP contribution in [0.3, 0.4) is 0 Å². The molecule has 4 rings (SSSR count). The van der Waals surface area contributed by atoms with Gasteiger partial charge in [0.05, 0.1) is 17.7 Å². The monoisotopic (exact) mass is 424 g/mol. The first-order valence-corrected chi connectivity index (χ1v) is 10.3. The van der Waals surface area contributed by atoms with Crippen molar-refractivity contribution in [2.75, 3.05) is 32.1 Å². The molecule has 162 valence electrons. The van der Waals surface area contributed by atoms with Crippen molar-refractivity contribution in [3.05, 3.63) is 71.0 Å². The zero-order chi connectivity index (χ0) is 22.1. The van der Waals surface area contributed by atoms with Crippen molar-refractivity contribution < 1.29 is 23.8 Å². The first-order chi connectivity index (χ1) is 14.9. The van der Waals surface area contributed by atoms with Crippen molar-refractivity contribution in [3.63, 3.8) is 0 Å². The molecule has 31 heavy (non-hydrogen) atoms. The fourth-order valence-electron chi connectivity index (χ4n) is 4.14. The number of aliphatic hydroxyl groups is 1. The first-order valence-electron chi connectivity index (χ1n) is 10.3. The molecule has 2 aromatic carbocycles. The summed E-state index contributed by atoms with van der Waals surface area (Å²) in [5.41, 5.74) is 1.98. The van der Waals surface area contributed by atoms with Gasteiger partial charge in [0.25, 0.3) is 11.7 Å². The molecular formula is C24H25FN2O4. The molecule has 2 aliphatic heterocycles. The number of nitrogens with zero attached hydrogens (tertiary/aromatic N) is 2. The van der Waals surface area contributed by atoms with Crippen LogP contribution in [0.25, 0.3) is 5.76 Å². The van der Waals surface area contributed by atoms with Gasteiger partial charge in [0.1, 0.15) is 11.6 Å². The minimum absolute atomic E-state index is 0.00667. The lowest BCUT2D eigenvalue weighted by atomic mass is 9.95. The summed E-state index contributed by atoms with van der Waals surface area (Å²) in [7, 11) is 3.85. The van der Waals surface area contributed by atoms with Gasteiger partial charge in [-0.2, -0.15) is 0 Å². The number of ether oxygens (including phenoxy) is 1. The number of likely N-dealkylation sites (tertiary alicyclic amines) is 1. The topological polar surface area (TPSA) is 70.1 Å². The lowest BCUT2D eigenvalue weighted by molar-refractivity contribution is -0.140. The predicted octanol–water partition coefficient (Wildman–Crippen LogP) is 3.49. The Morgan fingerprint density at radius 3 is 2.39 bits per heavy atom. The third-order valence-electron chi connectivity index (χ3n) is 5.81. The van der Waals surface area contributed by atoms with Gasteiger partial charge >= 0.3 is 0 Å². The van der Waals surface area contributed by atoms with Crippen LogP contribution in [0.15, 0.2) is 54.1 Å². The second-order valence-electron chi connectivity index (χ2n) is 8.08. The summed E-state index contributed by atoms with van der Waals surface area (Å²) in [5.74, 6) is -2.18. The third-order valence-corrected chi connectivity index (χ3v) is 5.81. The van der Waals surface area contributed by atoms with Crippen molar-refractivity contribution in [2.45, 2.75) is 25.0 Å². The predicted molar refractivity (Wildman–Crippen MR) is 115 cm³/mol. The maximum Gasteiger partial charge on any atom is 0.295 e. The second-order valence-corrected chi connectivity index (χ2v) is 8.08. The SMILES string of the molecule is CN(C)c1ccc([C@H]2C(=C(O)c3ccc(F)cc3)C(=O)C(=O)N2C[C@H]2CCCO2)cc1. The number of carbonyl (C=O) groups is 2. The smallest absolute Gasteiger partial charge is 0.295 e. The van der Waals surface area contributed by atoms with E-state index in [1.807, 2.05) is 43.3 Å². The Kier molecular flexibility index (Phi) is 5.78. The molecule has 1 N–H and O–H groups in total. The van der Waals surface area contributed by atoms with Gasteiger partial charge in [0, 0.05) is 38.5 Å². The van der Waals surface area contributed by atoms with Gasteiger partial charge in [-0.25, -0.2) is 4.39 Å². The van der Waals surface area contributed by atoms with Crippen LogP contribution in [0.5, 0.6) is 0 Å². The molecule has 0 aliphatic carbocycles. The van der Waals surface area contributed by atoms with E-state index in [2.05, 4.69) is 0 Å². The maximum atomic E-state index is 13.4. The fourth-order valence-corrected chi connectivity index (χ4v) is 4.14. The normalized spacial score (nSPS) is 22.9. The molecule has 2 atom stereocenters. The highest BCUT2D eigenvalue weighted by Gasteiger charge is 2.47. The van der Waals surface area contributed by atoms with Crippen molar-refractivity contribution in [3.8, 4) is 0 Å². The van der Waals surface area contributed by atoms with Gasteiger partial charge in [-0.15, -0.1) is 0 Å². The van der Waals surface area contributed by atoms with Gasteiger partial charge in [-0.3, -0.25) is 9.59 Å². The van der Waals surface area contributed by atoms with Gasteiger partial charge in [0.2, 0.25) is 0 Å². The number of aliphatic hydroxyl groups excluding tert-OH is 1. The standard InChI is InChI=1S/C24H25FN2O4/c1-26(2)18-11-7-15(8-12-18)21-20(22(28)16-5-9-17(25)10-6-16)23(29)24(30)27(21)14-19-4-3-13-31-19/h5-12,19,21,28H,3-4,13-14H2,1-2H3/t19-,21+/m1/s1. The van der Waals surface area contributed by atoms with Crippen molar-refractivity contribution in [1.82, 2.24) is 4.90 Å². The zero-order valence-electron chi connectivity index (χ0n) is 17.5. The second kappa shape index (κ2) is 8.51. The highest BCUT2D eigenvalue weighted by Crippen LogP contribution is 2.40. The minimum atomic E-state index is -0.749. The van der Waals surface area contributed by atoms with Gasteiger partial charge in [-0.05, 0) is 54.8 Å². The van der Waals surface area contributed by atoms with Crippen LogP contribution in [0.2, 0.25) is 0 Å². The van der Waals surface area contributed by atoms with E-state index in [0.717, 1.165) is 18.5 Å². The van der Waals surface area contributed by atoms with E-state index in [1.165, 1.54) is 29.2 Å². The Morgan fingerprint density at radius 1 is 1.13 bits per heavy atom. The molecule has 0 bridgehead atoms. The molecule has 0 aromatic heterocycles. The lowest BCUT2D eigenvalue weighted by Gasteiger charge is -2.28. The Balaban J connectivity index is 1.80. The van der Waals surface area contributed by atoms with Gasteiger partial charge in [0.15, 0.2) is 0 Å². The molecule has 7 heteroatoms. The number of anilines is 1. The summed E-state index contributed by atoms with van der Waals surface area (Å²) in [6, 6.07) is 12.0. The first kappa shape index (κ1) is 21.1. The molecule has 2 aliphatic rings. The summed E-state index contributed by atoms with van der Waals surface area (Å²) in [6.07, 6.45) is 1.58. The fraction of sp³-hybridized carbons (Fsp3) is 0.333. The summed E-state index contributed by atoms with van der Waals surface area (Å²) in [6.45, 7) is 0.900. The van der Waals surface area contributed by atoms with Gasteiger partial charge in [-0.1, -0.05) is 12.1 Å².